The van der Waals surface area contributed by atoms with E-state index < -0.39 is 12.1 Å². The van der Waals surface area contributed by atoms with E-state index in [0.29, 0.717) is 25.9 Å². The lowest BCUT2D eigenvalue weighted by Crippen LogP contribution is -2.45. The summed E-state index contributed by atoms with van der Waals surface area (Å²) in [7, 11) is 0. The largest absolute Gasteiger partial charge is 0.466 e. The van der Waals surface area contributed by atoms with E-state index >= 15 is 0 Å². The Bertz CT molecular complexity index is 1140. The Hall–Kier alpha value is -1.40. The molecular formula is C70H137NO5. The Morgan fingerprint density at radius 2 is 0.618 bits per heavy atom. The molecule has 0 bridgehead atoms. The normalized spacial score (nSPS) is 12.5. The summed E-state index contributed by atoms with van der Waals surface area (Å²) in [6.45, 7) is 4.99. The maximum absolute atomic E-state index is 12.5. The second-order valence-electron chi connectivity index (χ2n) is 24.2. The smallest absolute Gasteiger partial charge is 0.305 e. The minimum atomic E-state index is -0.661. The lowest BCUT2D eigenvalue weighted by Gasteiger charge is -2.22. The van der Waals surface area contributed by atoms with Gasteiger partial charge in [-0.15, -0.1) is 0 Å². The average Bonchev–Trinajstić information content (AvgIpc) is 3.42. The molecule has 0 fully saturated rings. The molecule has 0 aliphatic heterocycles. The van der Waals surface area contributed by atoms with Crippen LogP contribution in [0.1, 0.15) is 399 Å². The summed E-state index contributed by atoms with van der Waals surface area (Å²) < 4.78 is 5.49. The van der Waals surface area contributed by atoms with Crippen molar-refractivity contribution in [1.29, 1.82) is 0 Å². The standard InChI is InChI=1S/C70H137NO5/c1-3-5-7-9-11-13-15-17-40-44-48-52-56-60-64-70(75)76-65-61-57-53-49-45-41-37-35-33-31-29-27-25-23-21-19-18-20-22-24-26-28-30-32-34-36-39-43-47-51-55-59-63-69(74)71-67(66-72)68(73)62-58-54-50-46-42-38-16-14-12-10-8-6-4-2/h21,23,67-68,72-73H,3-20,22,24-66H2,1-2H3,(H,71,74)/b23-21-. The van der Waals surface area contributed by atoms with E-state index in [0.717, 1.165) is 38.5 Å². The molecule has 2 atom stereocenters. The fraction of sp³-hybridized carbons (Fsp3) is 0.943. The zero-order chi connectivity index (χ0) is 55.0. The molecule has 0 aromatic rings. The number of carbonyl (C=O) groups is 2. The molecule has 6 nitrogen and oxygen atoms in total. The van der Waals surface area contributed by atoms with E-state index in [2.05, 4.69) is 31.3 Å². The van der Waals surface area contributed by atoms with Crippen LogP contribution in [0.5, 0.6) is 0 Å². The van der Waals surface area contributed by atoms with Crippen molar-refractivity contribution in [3.05, 3.63) is 12.2 Å². The molecule has 0 aromatic heterocycles. The van der Waals surface area contributed by atoms with E-state index in [4.69, 9.17) is 4.74 Å². The number of carbonyl (C=O) groups excluding carboxylic acids is 2. The second kappa shape index (κ2) is 66.1. The highest BCUT2D eigenvalue weighted by atomic mass is 16.5. The lowest BCUT2D eigenvalue weighted by molar-refractivity contribution is -0.143. The summed E-state index contributed by atoms with van der Waals surface area (Å²) in [4.78, 5) is 24.5. The van der Waals surface area contributed by atoms with E-state index in [1.165, 1.54) is 327 Å². The van der Waals surface area contributed by atoms with Crippen LogP contribution in [0.25, 0.3) is 0 Å². The molecule has 0 saturated carbocycles. The van der Waals surface area contributed by atoms with Gasteiger partial charge >= 0.3 is 5.97 Å². The molecule has 1 amide bonds. The fourth-order valence-electron chi connectivity index (χ4n) is 11.2. The third kappa shape index (κ3) is 61.8. The molecule has 0 aromatic carbocycles. The van der Waals surface area contributed by atoms with Gasteiger partial charge in [0.15, 0.2) is 0 Å². The van der Waals surface area contributed by atoms with Gasteiger partial charge in [-0.05, 0) is 51.4 Å². The summed E-state index contributed by atoms with van der Waals surface area (Å²) in [6, 6.07) is -0.538. The molecular weight excluding hydrogens is 935 g/mol. The first-order valence-electron chi connectivity index (χ1n) is 34.9. The zero-order valence-electron chi connectivity index (χ0n) is 51.8. The van der Waals surface area contributed by atoms with Crippen LogP contribution in [-0.4, -0.2) is 47.4 Å². The van der Waals surface area contributed by atoms with Crippen LogP contribution in [0.4, 0.5) is 0 Å². The Balaban J connectivity index is 3.33. The number of amides is 1. The summed E-state index contributed by atoms with van der Waals surface area (Å²) in [5, 5.41) is 23.3. The maximum atomic E-state index is 12.5. The predicted octanol–water partition coefficient (Wildman–Crippen LogP) is 22.4. The number of hydrogen-bond acceptors (Lipinski definition) is 5. The van der Waals surface area contributed by atoms with Gasteiger partial charge < -0.3 is 20.3 Å². The second-order valence-corrected chi connectivity index (χ2v) is 24.2. The number of nitrogens with one attached hydrogen (secondary N) is 1. The molecule has 0 spiro atoms. The number of esters is 1. The Labute approximate surface area is 476 Å². The van der Waals surface area contributed by atoms with Crippen LogP contribution in [0.2, 0.25) is 0 Å². The molecule has 0 aliphatic rings. The van der Waals surface area contributed by atoms with Gasteiger partial charge in [-0.2, -0.15) is 0 Å². The van der Waals surface area contributed by atoms with Crippen molar-refractivity contribution in [2.75, 3.05) is 13.2 Å². The first kappa shape index (κ1) is 74.6. The zero-order valence-corrected chi connectivity index (χ0v) is 51.8. The number of allylic oxidation sites excluding steroid dienone is 2. The Kier molecular flexibility index (Phi) is 64.9. The topological polar surface area (TPSA) is 95.9 Å². The van der Waals surface area contributed by atoms with E-state index in [9.17, 15) is 19.8 Å². The van der Waals surface area contributed by atoms with Gasteiger partial charge in [-0.25, -0.2) is 0 Å². The van der Waals surface area contributed by atoms with Gasteiger partial charge in [0.1, 0.15) is 0 Å². The number of aliphatic hydroxyl groups excluding tert-OH is 2. The van der Waals surface area contributed by atoms with E-state index in [-0.39, 0.29) is 18.5 Å². The summed E-state index contributed by atoms with van der Waals surface area (Å²) in [5.41, 5.74) is 0. The fourth-order valence-corrected chi connectivity index (χ4v) is 11.2. The molecule has 0 rings (SSSR count). The van der Waals surface area contributed by atoms with Crippen molar-refractivity contribution >= 4 is 11.9 Å². The van der Waals surface area contributed by atoms with Crippen LogP contribution in [0.3, 0.4) is 0 Å². The number of ether oxygens (including phenoxy) is 1. The van der Waals surface area contributed by atoms with Crippen LogP contribution in [-0.2, 0) is 14.3 Å². The summed E-state index contributed by atoms with van der Waals surface area (Å²) >= 11 is 0. The number of rotatable bonds is 66. The molecule has 452 valence electrons. The first-order chi connectivity index (χ1) is 37.5. The molecule has 0 saturated heterocycles. The Morgan fingerprint density at radius 1 is 0.355 bits per heavy atom. The number of unbranched alkanes of at least 4 members (excludes halogenated alkanes) is 53. The van der Waals surface area contributed by atoms with Crippen molar-refractivity contribution in [2.24, 2.45) is 0 Å². The highest BCUT2D eigenvalue weighted by molar-refractivity contribution is 5.76. The minimum absolute atomic E-state index is 0.0213. The van der Waals surface area contributed by atoms with Crippen molar-refractivity contribution in [3.63, 3.8) is 0 Å². The SMILES string of the molecule is CCCCCCCCCCCCCCCCC(=O)OCCCCCCCCCCCCCC/C=C\CCCCCCCCCCCCCCCCCCC(=O)NC(CO)C(O)CCCCCCCCCCCCCCC. The third-order valence-corrected chi connectivity index (χ3v) is 16.6. The minimum Gasteiger partial charge on any atom is -0.466 e. The molecule has 6 heteroatoms. The van der Waals surface area contributed by atoms with Crippen molar-refractivity contribution in [1.82, 2.24) is 5.32 Å². The van der Waals surface area contributed by atoms with Gasteiger partial charge in [0, 0.05) is 12.8 Å². The van der Waals surface area contributed by atoms with E-state index in [1.54, 1.807) is 0 Å². The first-order valence-corrected chi connectivity index (χ1v) is 34.9. The van der Waals surface area contributed by atoms with Crippen LogP contribution in [0, 0.1) is 0 Å². The van der Waals surface area contributed by atoms with Crippen molar-refractivity contribution in [2.45, 2.75) is 411 Å². The summed E-state index contributed by atoms with van der Waals surface area (Å²) in [6.07, 6.45) is 81.2. The highest BCUT2D eigenvalue weighted by Gasteiger charge is 2.20. The van der Waals surface area contributed by atoms with Gasteiger partial charge in [0.05, 0.1) is 25.4 Å². The highest BCUT2D eigenvalue weighted by Crippen LogP contribution is 2.19. The Morgan fingerprint density at radius 3 is 0.934 bits per heavy atom. The van der Waals surface area contributed by atoms with Crippen molar-refractivity contribution in [3.8, 4) is 0 Å². The van der Waals surface area contributed by atoms with Gasteiger partial charge in [-0.1, -0.05) is 347 Å². The van der Waals surface area contributed by atoms with Gasteiger partial charge in [0.25, 0.3) is 0 Å². The lowest BCUT2D eigenvalue weighted by atomic mass is 10.0. The quantitative estimate of drug-likeness (QED) is 0.0320. The molecule has 0 aliphatic carbocycles. The molecule has 2 unspecified atom stereocenters. The third-order valence-electron chi connectivity index (χ3n) is 16.6. The maximum Gasteiger partial charge on any atom is 0.305 e. The molecule has 0 heterocycles. The van der Waals surface area contributed by atoms with Crippen LogP contribution < -0.4 is 5.32 Å². The predicted molar refractivity (Wildman–Crippen MR) is 333 cm³/mol. The van der Waals surface area contributed by atoms with E-state index in [1.807, 2.05) is 0 Å². The van der Waals surface area contributed by atoms with Gasteiger partial charge in [0.2, 0.25) is 5.91 Å². The molecule has 3 N–H and O–H groups in total. The molecule has 76 heavy (non-hydrogen) atoms. The van der Waals surface area contributed by atoms with Crippen molar-refractivity contribution < 1.29 is 24.5 Å². The average molecular weight is 1070 g/mol. The number of hydrogen-bond donors (Lipinski definition) is 3. The van der Waals surface area contributed by atoms with Crippen LogP contribution in [0.15, 0.2) is 12.2 Å². The monoisotopic (exact) mass is 1070 g/mol. The summed E-state index contributed by atoms with van der Waals surface area (Å²) in [5.74, 6) is -0.00870. The van der Waals surface area contributed by atoms with Gasteiger partial charge in [-0.3, -0.25) is 9.59 Å². The van der Waals surface area contributed by atoms with Crippen LogP contribution >= 0.6 is 0 Å². The molecule has 0 radical (unpaired) electrons. The number of aliphatic hydroxyl groups is 2.